The summed E-state index contributed by atoms with van der Waals surface area (Å²) in [6.07, 6.45) is 2.93. The molecule has 0 bridgehead atoms. The highest BCUT2D eigenvalue weighted by Crippen LogP contribution is 2.50. The normalized spacial score (nSPS) is 32.7. The molecule has 1 aromatic carbocycles. The van der Waals surface area contributed by atoms with E-state index in [9.17, 15) is 4.79 Å². The van der Waals surface area contributed by atoms with E-state index in [1.54, 1.807) is 0 Å². The van der Waals surface area contributed by atoms with Gasteiger partial charge in [-0.3, -0.25) is 9.69 Å². The first-order chi connectivity index (χ1) is 10.2. The molecule has 3 atom stereocenters. The predicted molar refractivity (Wildman–Crippen MR) is 76.4 cm³/mol. The minimum Gasteiger partial charge on any atom is -0.454 e. The summed E-state index contributed by atoms with van der Waals surface area (Å²) in [6.45, 7) is 4.37. The van der Waals surface area contributed by atoms with E-state index in [0.29, 0.717) is 12.8 Å². The molecular weight excluding hydrogens is 266 g/mol. The van der Waals surface area contributed by atoms with Gasteiger partial charge in [0.15, 0.2) is 17.3 Å². The highest BCUT2D eigenvalue weighted by molar-refractivity contribution is 5.94. The first-order valence-corrected chi connectivity index (χ1v) is 7.63. The summed E-state index contributed by atoms with van der Waals surface area (Å²) in [5, 5.41) is 0. The Morgan fingerprint density at radius 3 is 2.90 bits per heavy atom. The number of carbonyl (C=O) groups excluding carboxylic acids is 1. The summed E-state index contributed by atoms with van der Waals surface area (Å²) in [6, 6.07) is 4.64. The molecule has 4 heteroatoms. The fourth-order valence-corrected chi connectivity index (χ4v) is 4.46. The smallest absolute Gasteiger partial charge is 0.231 e. The van der Waals surface area contributed by atoms with E-state index in [2.05, 4.69) is 24.0 Å². The van der Waals surface area contributed by atoms with Gasteiger partial charge in [0.05, 0.1) is 0 Å². The van der Waals surface area contributed by atoms with E-state index in [0.717, 1.165) is 31.0 Å². The van der Waals surface area contributed by atoms with Crippen LogP contribution in [0.15, 0.2) is 23.8 Å². The Hall–Kier alpha value is -1.81. The van der Waals surface area contributed by atoms with Crippen LogP contribution in [-0.2, 0) is 11.3 Å². The van der Waals surface area contributed by atoms with Gasteiger partial charge in [0, 0.05) is 31.0 Å². The van der Waals surface area contributed by atoms with Gasteiger partial charge in [0.2, 0.25) is 6.79 Å². The lowest BCUT2D eigenvalue weighted by Gasteiger charge is -2.43. The quantitative estimate of drug-likeness (QED) is 0.732. The topological polar surface area (TPSA) is 38.8 Å². The van der Waals surface area contributed by atoms with Crippen LogP contribution in [0.4, 0.5) is 0 Å². The molecule has 1 aliphatic carbocycles. The van der Waals surface area contributed by atoms with Crippen molar-refractivity contribution in [3.8, 4) is 11.5 Å². The molecule has 0 saturated carbocycles. The van der Waals surface area contributed by atoms with E-state index in [1.807, 2.05) is 6.08 Å². The van der Waals surface area contributed by atoms with Gasteiger partial charge in [0.25, 0.3) is 0 Å². The number of carbonyl (C=O) groups is 1. The van der Waals surface area contributed by atoms with Crippen LogP contribution in [0.1, 0.15) is 30.4 Å². The largest absolute Gasteiger partial charge is 0.454 e. The lowest BCUT2D eigenvalue weighted by Crippen LogP contribution is -2.45. The molecule has 4 nitrogen and oxygen atoms in total. The van der Waals surface area contributed by atoms with Crippen molar-refractivity contribution in [3.05, 3.63) is 34.9 Å². The number of allylic oxidation sites excluding steroid dienone is 1. The summed E-state index contributed by atoms with van der Waals surface area (Å²) in [5.41, 5.74) is 3.91. The highest BCUT2D eigenvalue weighted by Gasteiger charge is 2.47. The molecule has 3 aliphatic heterocycles. The Balaban J connectivity index is 1.72. The zero-order valence-electron chi connectivity index (χ0n) is 12.0. The SMILES string of the molecule is C[C@@H]1C(=O)C=C2CCN3Cc4cc5c(cc4[C@H]1[C@@H]23)OCO5. The Kier molecular flexibility index (Phi) is 2.19. The van der Waals surface area contributed by atoms with Crippen LogP contribution in [0.3, 0.4) is 0 Å². The average Bonchev–Trinajstić information content (AvgIpc) is 3.08. The summed E-state index contributed by atoms with van der Waals surface area (Å²) >= 11 is 0. The molecule has 0 radical (unpaired) electrons. The number of nitrogens with zero attached hydrogens (tertiary/aromatic N) is 1. The molecule has 5 rings (SSSR count). The lowest BCUT2D eigenvalue weighted by atomic mass is 9.70. The lowest BCUT2D eigenvalue weighted by molar-refractivity contribution is -0.119. The maximum absolute atomic E-state index is 12.3. The van der Waals surface area contributed by atoms with Crippen LogP contribution in [0, 0.1) is 5.92 Å². The van der Waals surface area contributed by atoms with Crippen molar-refractivity contribution < 1.29 is 14.3 Å². The number of ketones is 1. The van der Waals surface area contributed by atoms with E-state index in [-0.39, 0.29) is 17.6 Å². The van der Waals surface area contributed by atoms with Gasteiger partial charge in [-0.2, -0.15) is 0 Å². The van der Waals surface area contributed by atoms with Crippen LogP contribution in [-0.4, -0.2) is 30.1 Å². The van der Waals surface area contributed by atoms with E-state index in [1.165, 1.54) is 16.7 Å². The minimum atomic E-state index is 0.0405. The second kappa shape index (κ2) is 3.89. The molecule has 4 aliphatic rings. The van der Waals surface area contributed by atoms with Gasteiger partial charge in [-0.25, -0.2) is 0 Å². The standard InChI is InChI=1S/C17H17NO3/c1-9-13(19)4-10-2-3-18-7-11-5-14-15(21-8-20-14)6-12(11)16(9)17(10)18/h4-6,9,16-17H,2-3,7-8H2,1H3/t9-,16+,17-/m1/s1. The van der Waals surface area contributed by atoms with Crippen LogP contribution in [0.2, 0.25) is 0 Å². The average molecular weight is 283 g/mol. The molecule has 3 heterocycles. The third kappa shape index (κ3) is 1.46. The maximum atomic E-state index is 12.3. The molecule has 0 aromatic heterocycles. The second-order valence-electron chi connectivity index (χ2n) is 6.51. The Bertz CT molecular complexity index is 694. The van der Waals surface area contributed by atoms with Crippen molar-refractivity contribution in [1.29, 1.82) is 0 Å². The number of rotatable bonds is 0. The molecular formula is C17H17NO3. The molecule has 1 saturated heterocycles. The molecule has 0 N–H and O–H groups in total. The zero-order chi connectivity index (χ0) is 14.1. The molecule has 0 spiro atoms. The van der Waals surface area contributed by atoms with Crippen LogP contribution < -0.4 is 9.47 Å². The summed E-state index contributed by atoms with van der Waals surface area (Å²) in [5.74, 6) is 2.25. The third-order valence-corrected chi connectivity index (χ3v) is 5.48. The van der Waals surface area contributed by atoms with Gasteiger partial charge in [-0.05, 0) is 41.3 Å². The number of benzene rings is 1. The van der Waals surface area contributed by atoms with Crippen molar-refractivity contribution in [2.24, 2.45) is 5.92 Å². The molecule has 0 amide bonds. The van der Waals surface area contributed by atoms with Gasteiger partial charge in [-0.1, -0.05) is 6.92 Å². The maximum Gasteiger partial charge on any atom is 0.231 e. The number of hydrogen-bond donors (Lipinski definition) is 0. The van der Waals surface area contributed by atoms with Crippen molar-refractivity contribution >= 4 is 5.78 Å². The second-order valence-corrected chi connectivity index (χ2v) is 6.51. The molecule has 0 unspecified atom stereocenters. The van der Waals surface area contributed by atoms with Gasteiger partial charge < -0.3 is 9.47 Å². The summed E-state index contributed by atoms with van der Waals surface area (Å²) < 4.78 is 11.0. The Morgan fingerprint density at radius 2 is 2.05 bits per heavy atom. The van der Waals surface area contributed by atoms with Gasteiger partial charge in [0.1, 0.15) is 0 Å². The van der Waals surface area contributed by atoms with E-state index < -0.39 is 0 Å². The predicted octanol–water partition coefficient (Wildman–Crippen LogP) is 2.23. The van der Waals surface area contributed by atoms with Crippen molar-refractivity contribution in [2.45, 2.75) is 31.8 Å². The highest BCUT2D eigenvalue weighted by atomic mass is 16.7. The zero-order valence-corrected chi connectivity index (χ0v) is 12.0. The Morgan fingerprint density at radius 1 is 1.24 bits per heavy atom. The van der Waals surface area contributed by atoms with Crippen molar-refractivity contribution in [3.63, 3.8) is 0 Å². The number of ether oxygens (including phenoxy) is 2. The minimum absolute atomic E-state index is 0.0405. The van der Waals surface area contributed by atoms with Crippen LogP contribution in [0.25, 0.3) is 0 Å². The van der Waals surface area contributed by atoms with Crippen molar-refractivity contribution in [2.75, 3.05) is 13.3 Å². The number of fused-ring (bicyclic) bond motifs is 3. The monoisotopic (exact) mass is 283 g/mol. The molecule has 108 valence electrons. The van der Waals surface area contributed by atoms with E-state index in [4.69, 9.17) is 9.47 Å². The van der Waals surface area contributed by atoms with Crippen molar-refractivity contribution in [1.82, 2.24) is 4.90 Å². The van der Waals surface area contributed by atoms with Gasteiger partial charge >= 0.3 is 0 Å². The summed E-state index contributed by atoms with van der Waals surface area (Å²) in [7, 11) is 0. The Labute approximate surface area is 123 Å². The first-order valence-electron chi connectivity index (χ1n) is 7.63. The van der Waals surface area contributed by atoms with Crippen LogP contribution in [0.5, 0.6) is 11.5 Å². The fourth-order valence-electron chi connectivity index (χ4n) is 4.46. The number of hydrogen-bond acceptors (Lipinski definition) is 4. The molecule has 1 fully saturated rings. The molecule has 21 heavy (non-hydrogen) atoms. The van der Waals surface area contributed by atoms with E-state index >= 15 is 0 Å². The summed E-state index contributed by atoms with van der Waals surface area (Å²) in [4.78, 5) is 14.8. The molecule has 1 aromatic rings. The van der Waals surface area contributed by atoms with Gasteiger partial charge in [-0.15, -0.1) is 0 Å². The van der Waals surface area contributed by atoms with Crippen LogP contribution >= 0.6 is 0 Å². The first kappa shape index (κ1) is 11.8. The fraction of sp³-hybridized carbons (Fsp3) is 0.471. The third-order valence-electron chi connectivity index (χ3n) is 5.48.